The summed E-state index contributed by atoms with van der Waals surface area (Å²) in [5.41, 5.74) is 5.07. The second-order valence-corrected chi connectivity index (χ2v) is 15.5. The maximum atomic E-state index is 12.2. The van der Waals surface area contributed by atoms with Gasteiger partial charge in [-0.25, -0.2) is 0 Å². The smallest absolute Gasteiger partial charge is 0.262 e. The van der Waals surface area contributed by atoms with Gasteiger partial charge in [-0.15, -0.1) is 11.8 Å². The lowest BCUT2D eigenvalue weighted by molar-refractivity contribution is -0.670. The van der Waals surface area contributed by atoms with Crippen LogP contribution in [-0.4, -0.2) is 57.8 Å². The number of allylic oxidation sites excluding steroid dienone is 5. The first-order chi connectivity index (χ1) is 21.5. The zero-order valence-corrected chi connectivity index (χ0v) is 29.9. The fourth-order valence-corrected chi connectivity index (χ4v) is 9.41. The Morgan fingerprint density at radius 3 is 2.64 bits per heavy atom. The first-order valence-corrected chi connectivity index (χ1v) is 19.6. The highest BCUT2D eigenvalue weighted by Gasteiger charge is 2.26. The summed E-state index contributed by atoms with van der Waals surface area (Å²) in [7, 11) is 4.16. The molecular weight excluding hydrogens is 649 g/mol. The lowest BCUT2D eigenvalue weighted by Crippen LogP contribution is -2.37. The van der Waals surface area contributed by atoms with Crippen LogP contribution in [0.1, 0.15) is 24.3 Å². The molecule has 5 rings (SSSR count). The van der Waals surface area contributed by atoms with Crippen molar-refractivity contribution in [3.63, 3.8) is 0 Å². The number of anilines is 1. The summed E-state index contributed by atoms with van der Waals surface area (Å²) in [6.07, 6.45) is 16.3. The van der Waals surface area contributed by atoms with Crippen molar-refractivity contribution >= 4 is 79.7 Å². The maximum Gasteiger partial charge on any atom is 0.262 e. The number of fused-ring (bicyclic) bond motifs is 2. The van der Waals surface area contributed by atoms with Gasteiger partial charge in [0, 0.05) is 81.6 Å². The van der Waals surface area contributed by atoms with Gasteiger partial charge in [0.25, 0.3) is 5.01 Å². The van der Waals surface area contributed by atoms with Crippen LogP contribution >= 0.6 is 46.9 Å². The van der Waals surface area contributed by atoms with Crippen LogP contribution in [-0.2, 0) is 31.0 Å². The average Bonchev–Trinajstić information content (AvgIpc) is 3.56. The van der Waals surface area contributed by atoms with Crippen molar-refractivity contribution in [3.8, 4) is 0 Å². The Balaban J connectivity index is 1.46. The SMILES string of the molecule is COCCN1/C(=C/C=C2\CCCC(/C=C/c3sc4ccc(SOC)cc4[n+]3CCOC)=C2SC)Sc2ccc(S(C)=O)cc21. The molecular formula is C33H39N2O4S5+. The zero-order chi connectivity index (χ0) is 31.1. The number of benzene rings is 2. The molecule has 2 aromatic carbocycles. The van der Waals surface area contributed by atoms with E-state index in [9.17, 15) is 4.21 Å². The van der Waals surface area contributed by atoms with Crippen molar-refractivity contribution in [2.45, 2.75) is 40.5 Å². The third-order valence-electron chi connectivity index (χ3n) is 7.49. The van der Waals surface area contributed by atoms with E-state index >= 15 is 0 Å². The van der Waals surface area contributed by atoms with Gasteiger partial charge in [0.15, 0.2) is 6.54 Å². The van der Waals surface area contributed by atoms with Gasteiger partial charge >= 0.3 is 0 Å². The summed E-state index contributed by atoms with van der Waals surface area (Å²) >= 11 is 6.79. The molecule has 1 unspecified atom stereocenters. The van der Waals surface area contributed by atoms with Crippen LogP contribution in [0.4, 0.5) is 5.69 Å². The van der Waals surface area contributed by atoms with Crippen molar-refractivity contribution in [2.75, 3.05) is 58.5 Å². The molecule has 1 aliphatic heterocycles. The molecule has 3 aromatic rings. The number of aromatic nitrogens is 1. The van der Waals surface area contributed by atoms with Gasteiger partial charge in [-0.05, 0) is 73.1 Å². The predicted octanol–water partition coefficient (Wildman–Crippen LogP) is 8.07. The highest BCUT2D eigenvalue weighted by molar-refractivity contribution is 8.03. The number of nitrogens with zero attached hydrogens (tertiary/aromatic N) is 2. The molecule has 0 radical (unpaired) electrons. The molecule has 11 heteroatoms. The van der Waals surface area contributed by atoms with Gasteiger partial charge in [0.1, 0.15) is 11.3 Å². The van der Waals surface area contributed by atoms with Crippen LogP contribution in [0.2, 0.25) is 0 Å². The Bertz CT molecular complexity index is 1640. The Kier molecular flexibility index (Phi) is 12.3. The first-order valence-electron chi connectivity index (χ1n) is 14.4. The van der Waals surface area contributed by atoms with Gasteiger partial charge in [-0.3, -0.25) is 4.21 Å². The number of hydrogen-bond acceptors (Lipinski definition) is 9. The van der Waals surface area contributed by atoms with E-state index in [1.807, 2.05) is 29.2 Å². The van der Waals surface area contributed by atoms with Gasteiger partial charge in [0.05, 0.1) is 24.4 Å². The molecule has 0 N–H and O–H groups in total. The maximum absolute atomic E-state index is 12.2. The Labute approximate surface area is 280 Å². The van der Waals surface area contributed by atoms with E-state index in [1.165, 1.54) is 53.2 Å². The molecule has 0 saturated carbocycles. The molecule has 44 heavy (non-hydrogen) atoms. The van der Waals surface area contributed by atoms with Gasteiger partial charge < -0.3 is 18.6 Å². The van der Waals surface area contributed by atoms with Crippen LogP contribution in [0.5, 0.6) is 0 Å². The highest BCUT2D eigenvalue weighted by Crippen LogP contribution is 2.47. The minimum absolute atomic E-state index is 0.618. The quantitative estimate of drug-likeness (QED) is 0.132. The molecule has 234 valence electrons. The van der Waals surface area contributed by atoms with E-state index in [-0.39, 0.29) is 0 Å². The van der Waals surface area contributed by atoms with Crippen LogP contribution in [0.25, 0.3) is 16.3 Å². The van der Waals surface area contributed by atoms with Crippen molar-refractivity contribution in [2.24, 2.45) is 0 Å². The molecule has 1 atom stereocenters. The van der Waals surface area contributed by atoms with Gasteiger partial charge in [-0.2, -0.15) is 4.57 Å². The minimum atomic E-state index is -1.02. The Hall–Kier alpha value is -1.83. The normalized spacial score (nSPS) is 18.0. The molecule has 0 fully saturated rings. The second kappa shape index (κ2) is 16.1. The number of methoxy groups -OCH3 is 2. The van der Waals surface area contributed by atoms with E-state index in [4.69, 9.17) is 13.7 Å². The van der Waals surface area contributed by atoms with Crippen molar-refractivity contribution in [1.29, 1.82) is 0 Å². The number of thioether (sulfide) groups is 2. The third kappa shape index (κ3) is 7.75. The van der Waals surface area contributed by atoms with Gasteiger partial charge in [0.2, 0.25) is 5.52 Å². The molecule has 0 amide bonds. The van der Waals surface area contributed by atoms with Crippen LogP contribution in [0.15, 0.2) is 90.4 Å². The number of ether oxygens (including phenoxy) is 2. The molecule has 2 aliphatic rings. The lowest BCUT2D eigenvalue weighted by atomic mass is 9.94. The van der Waals surface area contributed by atoms with E-state index < -0.39 is 10.8 Å². The third-order valence-corrected chi connectivity index (χ3v) is 12.2. The largest absolute Gasteiger partial charge is 0.383 e. The van der Waals surface area contributed by atoms with Crippen molar-refractivity contribution in [3.05, 3.63) is 80.7 Å². The molecule has 0 spiro atoms. The molecule has 1 aliphatic carbocycles. The second-order valence-electron chi connectivity index (χ2n) is 10.2. The Morgan fingerprint density at radius 1 is 1.05 bits per heavy atom. The van der Waals surface area contributed by atoms with Crippen LogP contribution in [0.3, 0.4) is 0 Å². The topological polar surface area (TPSA) is 51.9 Å². The number of hydrogen-bond donors (Lipinski definition) is 0. The van der Waals surface area contributed by atoms with E-state index in [0.717, 1.165) is 47.8 Å². The number of rotatable bonds is 13. The van der Waals surface area contributed by atoms with Crippen LogP contribution in [0, 0.1) is 0 Å². The summed E-state index contributed by atoms with van der Waals surface area (Å²) in [6, 6.07) is 12.6. The van der Waals surface area contributed by atoms with E-state index in [2.05, 4.69) is 70.4 Å². The van der Waals surface area contributed by atoms with Crippen molar-refractivity contribution in [1.82, 2.24) is 0 Å². The monoisotopic (exact) mass is 687 g/mol. The summed E-state index contributed by atoms with van der Waals surface area (Å²) in [4.78, 5) is 6.78. The molecule has 1 aromatic heterocycles. The minimum Gasteiger partial charge on any atom is -0.383 e. The average molecular weight is 688 g/mol. The summed E-state index contributed by atoms with van der Waals surface area (Å²) in [5, 5.41) is 2.38. The predicted molar refractivity (Wildman–Crippen MR) is 190 cm³/mol. The first kappa shape index (κ1) is 33.5. The molecule has 0 saturated heterocycles. The zero-order valence-electron chi connectivity index (χ0n) is 25.8. The fourth-order valence-electron chi connectivity index (χ4n) is 5.39. The van der Waals surface area contributed by atoms with E-state index in [1.54, 1.807) is 39.3 Å². The summed E-state index contributed by atoms with van der Waals surface area (Å²) < 4.78 is 32.0. The van der Waals surface area contributed by atoms with E-state index in [0.29, 0.717) is 13.2 Å². The molecule has 2 heterocycles. The van der Waals surface area contributed by atoms with Crippen LogP contribution < -0.4 is 9.47 Å². The number of thiazole rings is 1. The molecule has 0 bridgehead atoms. The lowest BCUT2D eigenvalue weighted by Gasteiger charge is -2.21. The summed E-state index contributed by atoms with van der Waals surface area (Å²) in [6.45, 7) is 2.81. The molecule has 6 nitrogen and oxygen atoms in total. The highest BCUT2D eigenvalue weighted by atomic mass is 32.2. The Morgan fingerprint density at radius 2 is 1.89 bits per heavy atom. The van der Waals surface area contributed by atoms with Gasteiger partial charge in [-0.1, -0.05) is 35.3 Å². The van der Waals surface area contributed by atoms with Crippen molar-refractivity contribution < 1.29 is 22.4 Å². The summed E-state index contributed by atoms with van der Waals surface area (Å²) in [5.74, 6) is 0. The standard InChI is InChI=1S/C33H39N2O4S5/c1-37-19-17-34-27-21-25(43-39-3)11-13-29(27)41-31(34)15-9-23-7-6-8-24(33(23)40-4)10-16-32-35(18-20-38-2)28-22-26(44(5)36)12-14-30(28)42-32/h9-16,21-22H,6-8,17-20H2,1-5H3/q+1. The fraction of sp³-hybridized carbons (Fsp3) is 0.364.